The first-order valence-corrected chi connectivity index (χ1v) is 12.7. The monoisotopic (exact) mass is 563 g/mol. The Bertz CT molecular complexity index is 1430. The standard InChI is InChI=1S/C24H20F3N5O4S.C2H6.H2/c1-34-16-8-14(13-3-2-4-15(7-13)36-24(25,26)27)9-17-22(16)31-21(37-17)11-19(30)35-18(29)10-20(33)32-23(12-28)5-6-23;1-2;/h2-4,7-9,29-30H,5-6,10-11H2,1H3,(H,32,33);1-2H3;1H. The van der Waals surface area contributed by atoms with Crippen LogP contribution in [0.25, 0.3) is 21.3 Å². The number of nitriles is 1. The summed E-state index contributed by atoms with van der Waals surface area (Å²) >= 11 is 1.23. The fourth-order valence-corrected chi connectivity index (χ4v) is 4.54. The summed E-state index contributed by atoms with van der Waals surface area (Å²) in [7, 11) is 1.44. The van der Waals surface area contributed by atoms with Crippen LogP contribution < -0.4 is 14.8 Å². The van der Waals surface area contributed by atoms with Crippen LogP contribution in [0.5, 0.6) is 11.5 Å². The van der Waals surface area contributed by atoms with Gasteiger partial charge in [-0.05, 0) is 48.2 Å². The van der Waals surface area contributed by atoms with Crippen LogP contribution in [0.15, 0.2) is 36.4 Å². The zero-order valence-corrected chi connectivity index (χ0v) is 22.2. The number of hydrogen-bond acceptors (Lipinski definition) is 9. The second-order valence-electron chi connectivity index (χ2n) is 8.25. The quantitative estimate of drug-likeness (QED) is 0.220. The minimum absolute atomic E-state index is 0. The third-order valence-electron chi connectivity index (χ3n) is 5.35. The maximum atomic E-state index is 12.6. The second kappa shape index (κ2) is 12.1. The van der Waals surface area contributed by atoms with Gasteiger partial charge in [0.25, 0.3) is 0 Å². The maximum Gasteiger partial charge on any atom is 0.573 e. The van der Waals surface area contributed by atoms with Crippen molar-refractivity contribution in [1.29, 1.82) is 16.1 Å². The number of methoxy groups -OCH3 is 1. The van der Waals surface area contributed by atoms with Gasteiger partial charge in [0.1, 0.15) is 34.0 Å². The summed E-state index contributed by atoms with van der Waals surface area (Å²) in [4.78, 5) is 16.5. The lowest BCUT2D eigenvalue weighted by Crippen LogP contribution is -2.37. The number of nitrogens with zero attached hydrogens (tertiary/aromatic N) is 2. The molecule has 1 heterocycles. The van der Waals surface area contributed by atoms with E-state index in [0.29, 0.717) is 44.9 Å². The minimum Gasteiger partial charge on any atom is -0.494 e. The number of hydrogen-bond donors (Lipinski definition) is 3. The molecule has 0 atom stereocenters. The molecule has 39 heavy (non-hydrogen) atoms. The largest absolute Gasteiger partial charge is 0.573 e. The first-order chi connectivity index (χ1) is 18.5. The summed E-state index contributed by atoms with van der Waals surface area (Å²) < 4.78 is 53.1. The highest BCUT2D eigenvalue weighted by molar-refractivity contribution is 7.18. The third kappa shape index (κ3) is 7.90. The zero-order chi connectivity index (χ0) is 28.8. The van der Waals surface area contributed by atoms with E-state index in [1.807, 2.05) is 19.9 Å². The van der Waals surface area contributed by atoms with Gasteiger partial charge in [-0.3, -0.25) is 15.6 Å². The molecule has 0 bridgehead atoms. The van der Waals surface area contributed by atoms with Gasteiger partial charge in [0, 0.05) is 1.43 Å². The lowest BCUT2D eigenvalue weighted by atomic mass is 10.0. The average Bonchev–Trinajstić information content (AvgIpc) is 3.52. The molecule has 0 radical (unpaired) electrons. The third-order valence-corrected chi connectivity index (χ3v) is 6.35. The molecular formula is C26H28F3N5O4S. The van der Waals surface area contributed by atoms with Crippen LogP contribution in [0.3, 0.4) is 0 Å². The van der Waals surface area contributed by atoms with E-state index in [9.17, 15) is 18.0 Å². The van der Waals surface area contributed by atoms with E-state index in [2.05, 4.69) is 15.0 Å². The number of alkyl halides is 3. The van der Waals surface area contributed by atoms with Crippen LogP contribution in [0.4, 0.5) is 13.2 Å². The van der Waals surface area contributed by atoms with Crippen LogP contribution in [-0.4, -0.2) is 41.7 Å². The lowest BCUT2D eigenvalue weighted by molar-refractivity contribution is -0.274. The highest BCUT2D eigenvalue weighted by atomic mass is 32.1. The molecule has 0 saturated heterocycles. The molecule has 1 aromatic heterocycles. The average molecular weight is 564 g/mol. The molecule has 9 nitrogen and oxygen atoms in total. The SMILES string of the molecule is CC.COc1cc(-c2cccc(OC(F)(F)F)c2)cc2sc(CC(=N)OC(=N)CC(=O)NC3(C#N)CC3)nc12.[HH]. The Balaban J connectivity index is 0.00000183. The van der Waals surface area contributed by atoms with Gasteiger partial charge in [-0.15, -0.1) is 24.5 Å². The molecule has 208 valence electrons. The van der Waals surface area contributed by atoms with Gasteiger partial charge in [0.2, 0.25) is 5.91 Å². The molecule has 2 aromatic carbocycles. The molecule has 3 aromatic rings. The molecular weight excluding hydrogens is 535 g/mol. The van der Waals surface area contributed by atoms with Crippen molar-refractivity contribution in [2.45, 2.75) is 51.4 Å². The summed E-state index contributed by atoms with van der Waals surface area (Å²) in [6, 6.07) is 11.0. The van der Waals surface area contributed by atoms with Gasteiger partial charge < -0.3 is 19.5 Å². The van der Waals surface area contributed by atoms with Gasteiger partial charge >= 0.3 is 6.36 Å². The van der Waals surface area contributed by atoms with Crippen LogP contribution in [0, 0.1) is 22.1 Å². The van der Waals surface area contributed by atoms with E-state index in [1.165, 1.54) is 36.6 Å². The van der Waals surface area contributed by atoms with Gasteiger partial charge in [0.05, 0.1) is 24.3 Å². The van der Waals surface area contributed by atoms with Crippen LogP contribution >= 0.6 is 11.3 Å². The fourth-order valence-electron chi connectivity index (χ4n) is 3.52. The van der Waals surface area contributed by atoms with E-state index < -0.39 is 30.1 Å². The van der Waals surface area contributed by atoms with E-state index in [0.717, 1.165) is 0 Å². The highest BCUT2D eigenvalue weighted by Crippen LogP contribution is 2.37. The van der Waals surface area contributed by atoms with E-state index in [4.69, 9.17) is 25.6 Å². The van der Waals surface area contributed by atoms with Gasteiger partial charge in [0.15, 0.2) is 11.8 Å². The van der Waals surface area contributed by atoms with Crippen LogP contribution in [0.1, 0.15) is 39.5 Å². The molecule has 0 spiro atoms. The maximum absolute atomic E-state index is 12.6. The summed E-state index contributed by atoms with van der Waals surface area (Å²) in [6.45, 7) is 4.00. The van der Waals surface area contributed by atoms with Crippen molar-refractivity contribution in [2.75, 3.05) is 7.11 Å². The molecule has 13 heteroatoms. The lowest BCUT2D eigenvalue weighted by Gasteiger charge is -2.11. The first kappa shape index (κ1) is 29.4. The molecule has 4 rings (SSSR count). The van der Waals surface area contributed by atoms with E-state index >= 15 is 0 Å². The van der Waals surface area contributed by atoms with Crippen molar-refractivity contribution in [1.82, 2.24) is 10.3 Å². The van der Waals surface area contributed by atoms with Crippen molar-refractivity contribution >= 4 is 39.3 Å². The molecule has 0 aliphatic heterocycles. The number of carbonyl (C=O) groups excluding carboxylic acids is 1. The molecule has 3 N–H and O–H groups in total. The number of benzene rings is 2. The van der Waals surface area contributed by atoms with Crippen molar-refractivity contribution in [2.24, 2.45) is 0 Å². The Kier molecular flexibility index (Phi) is 9.13. The predicted molar refractivity (Wildman–Crippen MR) is 142 cm³/mol. The van der Waals surface area contributed by atoms with Crippen molar-refractivity contribution in [3.05, 3.63) is 41.4 Å². The molecule has 1 saturated carbocycles. The number of aromatic nitrogens is 1. The number of rotatable bonds is 8. The number of ether oxygens (including phenoxy) is 3. The van der Waals surface area contributed by atoms with Crippen molar-refractivity contribution in [3.8, 4) is 28.7 Å². The number of thiazole rings is 1. The Labute approximate surface area is 228 Å². The Morgan fingerprint density at radius 3 is 2.54 bits per heavy atom. The summed E-state index contributed by atoms with van der Waals surface area (Å²) in [5, 5.41) is 28.0. The molecule has 1 fully saturated rings. The Morgan fingerprint density at radius 1 is 1.21 bits per heavy atom. The zero-order valence-electron chi connectivity index (χ0n) is 21.4. The number of carbonyl (C=O) groups is 1. The summed E-state index contributed by atoms with van der Waals surface area (Å²) in [5.74, 6) is -1.22. The number of nitrogens with one attached hydrogen (secondary N) is 3. The van der Waals surface area contributed by atoms with Crippen LogP contribution in [0.2, 0.25) is 0 Å². The molecule has 0 unspecified atom stereocenters. The fraction of sp³-hybridized carbons (Fsp3) is 0.346. The summed E-state index contributed by atoms with van der Waals surface area (Å²) in [5.41, 5.74) is 0.708. The van der Waals surface area contributed by atoms with Crippen LogP contribution in [-0.2, 0) is 16.0 Å². The normalized spacial score (nSPS) is 13.4. The van der Waals surface area contributed by atoms with Crippen molar-refractivity contribution < 1.29 is 33.6 Å². The van der Waals surface area contributed by atoms with Crippen molar-refractivity contribution in [3.63, 3.8) is 0 Å². The minimum atomic E-state index is -4.81. The van der Waals surface area contributed by atoms with E-state index in [-0.39, 0.29) is 19.5 Å². The first-order valence-electron chi connectivity index (χ1n) is 11.9. The summed E-state index contributed by atoms with van der Waals surface area (Å²) in [6.07, 6.45) is -4.14. The topological polar surface area (TPSA) is 141 Å². The highest BCUT2D eigenvalue weighted by Gasteiger charge is 2.44. The number of halogens is 3. The molecule has 1 aliphatic carbocycles. The number of fused-ring (bicyclic) bond motifs is 1. The molecule has 1 aliphatic rings. The van der Waals surface area contributed by atoms with Gasteiger partial charge in [-0.1, -0.05) is 26.0 Å². The smallest absolute Gasteiger partial charge is 0.494 e. The Morgan fingerprint density at radius 2 is 1.92 bits per heavy atom. The molecule has 1 amide bonds. The van der Waals surface area contributed by atoms with Gasteiger partial charge in [-0.25, -0.2) is 4.98 Å². The number of amides is 1. The predicted octanol–water partition coefficient (Wildman–Crippen LogP) is 6.22. The van der Waals surface area contributed by atoms with Gasteiger partial charge in [-0.2, -0.15) is 5.26 Å². The Hall–Kier alpha value is -4.18. The second-order valence-corrected chi connectivity index (χ2v) is 9.37. The van der Waals surface area contributed by atoms with E-state index in [1.54, 1.807) is 18.2 Å².